The van der Waals surface area contributed by atoms with E-state index >= 15 is 0 Å². The summed E-state index contributed by atoms with van der Waals surface area (Å²) in [6, 6.07) is 3.73. The highest BCUT2D eigenvalue weighted by molar-refractivity contribution is 7.74. The minimum Gasteiger partial charge on any atom is -0.380 e. The molecule has 1 N–H and O–H groups in total. The van der Waals surface area contributed by atoms with Crippen LogP contribution in [0.5, 0.6) is 5.75 Å². The second-order valence-corrected chi connectivity index (χ2v) is 2.93. The van der Waals surface area contributed by atoms with Gasteiger partial charge >= 0.3 is 17.5 Å². The first-order valence-electron chi connectivity index (χ1n) is 3.36. The Kier molecular flexibility index (Phi) is 3.12. The molecule has 3 nitrogen and oxygen atoms in total. The molecule has 0 radical (unpaired) electrons. The van der Waals surface area contributed by atoms with Crippen LogP contribution in [0.2, 0.25) is 0 Å². The number of benzene rings is 1. The fourth-order valence-corrected chi connectivity index (χ4v) is 1.07. The van der Waals surface area contributed by atoms with Crippen LogP contribution in [0, 0.1) is 0 Å². The molecule has 14 heavy (non-hydrogen) atoms. The number of halogens is 3. The summed E-state index contributed by atoms with van der Waals surface area (Å²) in [5.41, 5.74) is -0.930. The van der Waals surface area contributed by atoms with E-state index in [1.165, 1.54) is 0 Å². The van der Waals surface area contributed by atoms with Crippen LogP contribution in [-0.2, 0) is 17.5 Å². The average Bonchev–Trinajstić information content (AvgIpc) is 2.01. The quantitative estimate of drug-likeness (QED) is 0.786. The summed E-state index contributed by atoms with van der Waals surface area (Å²) in [7, 11) is 0. The molecule has 0 bridgehead atoms. The molecule has 1 atom stereocenters. The summed E-state index contributed by atoms with van der Waals surface area (Å²) in [4.78, 5) is 0. The van der Waals surface area contributed by atoms with Crippen LogP contribution in [0.25, 0.3) is 0 Å². The van der Waals surface area contributed by atoms with Crippen molar-refractivity contribution in [3.05, 3.63) is 29.8 Å². The van der Waals surface area contributed by atoms with Gasteiger partial charge < -0.3 is 4.18 Å². The molecule has 0 spiro atoms. The lowest BCUT2D eigenvalue weighted by Crippen LogP contribution is -2.05. The van der Waals surface area contributed by atoms with E-state index in [2.05, 4.69) is 4.18 Å². The molecule has 1 unspecified atom stereocenters. The lowest BCUT2D eigenvalue weighted by molar-refractivity contribution is -0.137. The summed E-state index contributed by atoms with van der Waals surface area (Å²) < 4.78 is 58.9. The van der Waals surface area contributed by atoms with Crippen molar-refractivity contribution in [3.63, 3.8) is 0 Å². The number of hydrogen-bond donors (Lipinski definition) is 1. The van der Waals surface area contributed by atoms with Gasteiger partial charge in [-0.15, -0.1) is 0 Å². The standard InChI is InChI=1S/C7H5F3O3S/c8-7(9,10)5-2-1-3-6(4-5)13-14(11)12/h1-4H,(H,11,12). The lowest BCUT2D eigenvalue weighted by Gasteiger charge is -2.07. The first kappa shape index (κ1) is 11.0. The predicted molar refractivity (Wildman–Crippen MR) is 42.8 cm³/mol. The monoisotopic (exact) mass is 226 g/mol. The van der Waals surface area contributed by atoms with E-state index < -0.39 is 23.1 Å². The highest BCUT2D eigenvalue weighted by Crippen LogP contribution is 2.31. The Hall–Kier alpha value is -1.08. The smallest absolute Gasteiger partial charge is 0.380 e. The van der Waals surface area contributed by atoms with Crippen LogP contribution < -0.4 is 4.18 Å². The molecule has 0 aliphatic carbocycles. The van der Waals surface area contributed by atoms with E-state index in [9.17, 15) is 17.4 Å². The molecule has 0 aliphatic heterocycles. The summed E-state index contributed by atoms with van der Waals surface area (Å²) in [5.74, 6) is -0.305. The second kappa shape index (κ2) is 3.97. The van der Waals surface area contributed by atoms with Crippen LogP contribution in [0.1, 0.15) is 5.56 Å². The second-order valence-electron chi connectivity index (χ2n) is 2.33. The van der Waals surface area contributed by atoms with Gasteiger partial charge in [0.1, 0.15) is 5.75 Å². The molecule has 0 heterocycles. The molecule has 0 fully saturated rings. The average molecular weight is 226 g/mol. The summed E-state index contributed by atoms with van der Waals surface area (Å²) in [6.07, 6.45) is -4.49. The van der Waals surface area contributed by atoms with Crippen molar-refractivity contribution < 1.29 is 26.1 Å². The number of rotatable bonds is 2. The van der Waals surface area contributed by atoms with Gasteiger partial charge in [0.15, 0.2) is 0 Å². The van der Waals surface area contributed by atoms with E-state index in [1.807, 2.05) is 0 Å². The van der Waals surface area contributed by atoms with Gasteiger partial charge in [0.2, 0.25) is 0 Å². The SMILES string of the molecule is O=S(O)Oc1cccc(C(F)(F)F)c1. The molecule has 0 aliphatic rings. The van der Waals surface area contributed by atoms with E-state index in [1.54, 1.807) is 0 Å². The predicted octanol–water partition coefficient (Wildman–Crippen LogP) is 2.22. The largest absolute Gasteiger partial charge is 0.416 e. The maximum absolute atomic E-state index is 12.1. The van der Waals surface area contributed by atoms with Gasteiger partial charge in [0, 0.05) is 0 Å². The Morgan fingerprint density at radius 1 is 1.36 bits per heavy atom. The van der Waals surface area contributed by atoms with Gasteiger partial charge in [-0.25, -0.2) is 0 Å². The van der Waals surface area contributed by atoms with Crippen molar-refractivity contribution in [3.8, 4) is 5.75 Å². The minimum absolute atomic E-state index is 0.305. The molecule has 0 amide bonds. The molecule has 1 aromatic carbocycles. The third-order valence-corrected chi connectivity index (χ3v) is 1.66. The van der Waals surface area contributed by atoms with Crippen molar-refractivity contribution in [1.82, 2.24) is 0 Å². The first-order chi connectivity index (χ1) is 6.39. The Morgan fingerprint density at radius 3 is 2.50 bits per heavy atom. The molecule has 1 aromatic rings. The third kappa shape index (κ3) is 3.00. The Balaban J connectivity index is 2.95. The summed E-state index contributed by atoms with van der Waals surface area (Å²) >= 11 is -2.62. The molecule has 0 aromatic heterocycles. The van der Waals surface area contributed by atoms with Crippen molar-refractivity contribution in [1.29, 1.82) is 0 Å². The van der Waals surface area contributed by atoms with Crippen molar-refractivity contribution >= 4 is 11.4 Å². The fourth-order valence-electron chi connectivity index (χ4n) is 0.807. The molecular weight excluding hydrogens is 221 g/mol. The minimum atomic E-state index is -4.49. The fraction of sp³-hybridized carbons (Fsp3) is 0.143. The molecule has 0 saturated heterocycles. The topological polar surface area (TPSA) is 46.5 Å². The zero-order chi connectivity index (χ0) is 10.8. The zero-order valence-corrected chi connectivity index (χ0v) is 7.43. The van der Waals surface area contributed by atoms with Crippen molar-refractivity contribution in [2.24, 2.45) is 0 Å². The molecule has 1 rings (SSSR count). The van der Waals surface area contributed by atoms with Gasteiger partial charge in [-0.05, 0) is 18.2 Å². The molecule has 0 saturated carbocycles. The molecule has 78 valence electrons. The van der Waals surface area contributed by atoms with Crippen molar-refractivity contribution in [2.75, 3.05) is 0 Å². The summed E-state index contributed by atoms with van der Waals surface area (Å²) in [6.45, 7) is 0. The van der Waals surface area contributed by atoms with E-state index in [0.29, 0.717) is 6.07 Å². The number of alkyl halides is 3. The van der Waals surface area contributed by atoms with Gasteiger partial charge in [-0.1, -0.05) is 6.07 Å². The Bertz CT molecular complexity index is 350. The van der Waals surface area contributed by atoms with Crippen LogP contribution in [0.4, 0.5) is 13.2 Å². The van der Waals surface area contributed by atoms with Crippen molar-refractivity contribution in [2.45, 2.75) is 6.18 Å². The maximum Gasteiger partial charge on any atom is 0.416 e. The van der Waals surface area contributed by atoms with Crippen LogP contribution in [0.3, 0.4) is 0 Å². The highest BCUT2D eigenvalue weighted by atomic mass is 32.2. The lowest BCUT2D eigenvalue weighted by atomic mass is 10.2. The van der Waals surface area contributed by atoms with E-state index in [4.69, 9.17) is 4.55 Å². The molecular formula is C7H5F3O3S. The summed E-state index contributed by atoms with van der Waals surface area (Å²) in [5, 5.41) is 0. The van der Waals surface area contributed by atoms with Gasteiger partial charge in [0.05, 0.1) is 5.56 Å². The van der Waals surface area contributed by atoms with Gasteiger partial charge in [-0.2, -0.15) is 17.4 Å². The van der Waals surface area contributed by atoms with Gasteiger partial charge in [0.25, 0.3) is 0 Å². The Labute approximate surface area is 80.0 Å². The number of hydrogen-bond acceptors (Lipinski definition) is 2. The van der Waals surface area contributed by atoms with E-state index in [-0.39, 0.29) is 5.75 Å². The Morgan fingerprint density at radius 2 is 2.00 bits per heavy atom. The van der Waals surface area contributed by atoms with Gasteiger partial charge in [-0.3, -0.25) is 4.55 Å². The van der Waals surface area contributed by atoms with Crippen LogP contribution >= 0.6 is 0 Å². The van der Waals surface area contributed by atoms with E-state index in [0.717, 1.165) is 18.2 Å². The van der Waals surface area contributed by atoms with Crippen LogP contribution in [-0.4, -0.2) is 8.76 Å². The van der Waals surface area contributed by atoms with Crippen LogP contribution in [0.15, 0.2) is 24.3 Å². The third-order valence-electron chi connectivity index (χ3n) is 1.33. The highest BCUT2D eigenvalue weighted by Gasteiger charge is 2.30. The zero-order valence-electron chi connectivity index (χ0n) is 6.62. The first-order valence-corrected chi connectivity index (χ1v) is 4.39. The maximum atomic E-state index is 12.1. The molecule has 7 heteroatoms. The normalized spacial score (nSPS) is 13.7.